The van der Waals surface area contributed by atoms with Crippen molar-refractivity contribution in [1.82, 2.24) is 0 Å². The molecular formula is C11H9I2NO2. The van der Waals surface area contributed by atoms with Crippen molar-refractivity contribution in [3.8, 4) is 6.07 Å². The number of nitriles is 1. The van der Waals surface area contributed by atoms with Gasteiger partial charge in [0, 0.05) is 7.14 Å². The van der Waals surface area contributed by atoms with E-state index in [1.807, 2.05) is 6.07 Å². The molecular weight excluding hydrogens is 432 g/mol. The van der Waals surface area contributed by atoms with Gasteiger partial charge in [0.2, 0.25) is 0 Å². The molecule has 0 spiro atoms. The Balaban J connectivity index is 3.04. The van der Waals surface area contributed by atoms with Crippen molar-refractivity contribution >= 4 is 51.2 Å². The van der Waals surface area contributed by atoms with Gasteiger partial charge in [-0.2, -0.15) is 5.26 Å². The van der Waals surface area contributed by atoms with Crippen LogP contribution in [0.1, 0.15) is 18.1 Å². The summed E-state index contributed by atoms with van der Waals surface area (Å²) in [6, 6.07) is 5.82. The SMILES string of the molecule is CCOC(=O)Cc1c(I)cc(I)cc1C#N. The minimum atomic E-state index is -0.293. The van der Waals surface area contributed by atoms with Crippen LogP contribution in [-0.4, -0.2) is 12.6 Å². The summed E-state index contributed by atoms with van der Waals surface area (Å²) >= 11 is 4.28. The summed E-state index contributed by atoms with van der Waals surface area (Å²) in [6.07, 6.45) is 0.159. The summed E-state index contributed by atoms with van der Waals surface area (Å²) in [5.74, 6) is -0.293. The predicted molar refractivity (Wildman–Crippen MR) is 76.9 cm³/mol. The minimum Gasteiger partial charge on any atom is -0.466 e. The lowest BCUT2D eigenvalue weighted by molar-refractivity contribution is -0.142. The average molecular weight is 441 g/mol. The van der Waals surface area contributed by atoms with Crippen LogP contribution in [0.4, 0.5) is 0 Å². The third-order valence-corrected chi connectivity index (χ3v) is 3.49. The molecule has 3 nitrogen and oxygen atoms in total. The predicted octanol–water partition coefficient (Wildman–Crippen LogP) is 2.87. The Morgan fingerprint density at radius 1 is 1.50 bits per heavy atom. The first-order valence-electron chi connectivity index (χ1n) is 4.62. The highest BCUT2D eigenvalue weighted by Crippen LogP contribution is 2.21. The summed E-state index contributed by atoms with van der Waals surface area (Å²) in [5.41, 5.74) is 1.30. The van der Waals surface area contributed by atoms with Crippen molar-refractivity contribution < 1.29 is 9.53 Å². The maximum Gasteiger partial charge on any atom is 0.310 e. The third kappa shape index (κ3) is 3.59. The zero-order chi connectivity index (χ0) is 12.1. The average Bonchev–Trinajstić information content (AvgIpc) is 2.22. The molecule has 1 rings (SSSR count). The summed E-state index contributed by atoms with van der Waals surface area (Å²) in [7, 11) is 0. The van der Waals surface area contributed by atoms with Crippen molar-refractivity contribution in [1.29, 1.82) is 5.26 Å². The van der Waals surface area contributed by atoms with E-state index in [9.17, 15) is 4.79 Å². The molecule has 1 aromatic rings. The van der Waals surface area contributed by atoms with Crippen molar-refractivity contribution in [2.45, 2.75) is 13.3 Å². The first-order chi connectivity index (χ1) is 7.58. The van der Waals surface area contributed by atoms with E-state index in [2.05, 4.69) is 51.3 Å². The van der Waals surface area contributed by atoms with E-state index in [0.717, 1.165) is 12.7 Å². The Morgan fingerprint density at radius 3 is 2.75 bits per heavy atom. The summed E-state index contributed by atoms with van der Waals surface area (Å²) in [4.78, 5) is 11.4. The Morgan fingerprint density at radius 2 is 2.19 bits per heavy atom. The second kappa shape index (κ2) is 6.39. The molecule has 0 N–H and O–H groups in total. The fraction of sp³-hybridized carbons (Fsp3) is 0.273. The number of rotatable bonds is 3. The van der Waals surface area contributed by atoms with Crippen molar-refractivity contribution in [3.63, 3.8) is 0 Å². The normalized spacial score (nSPS) is 9.62. The summed E-state index contributed by atoms with van der Waals surface area (Å²) < 4.78 is 6.79. The fourth-order valence-corrected chi connectivity index (χ4v) is 3.27. The van der Waals surface area contributed by atoms with Crippen molar-refractivity contribution in [3.05, 3.63) is 30.4 Å². The molecule has 0 atom stereocenters. The van der Waals surface area contributed by atoms with Gasteiger partial charge in [0.15, 0.2) is 0 Å². The molecule has 16 heavy (non-hydrogen) atoms. The van der Waals surface area contributed by atoms with E-state index in [1.54, 1.807) is 13.0 Å². The Kier molecular flexibility index (Phi) is 5.48. The van der Waals surface area contributed by atoms with E-state index in [-0.39, 0.29) is 12.4 Å². The molecule has 0 aliphatic heterocycles. The highest BCUT2D eigenvalue weighted by Gasteiger charge is 2.13. The molecule has 0 fully saturated rings. The van der Waals surface area contributed by atoms with Crippen LogP contribution >= 0.6 is 45.2 Å². The van der Waals surface area contributed by atoms with Gasteiger partial charge in [-0.15, -0.1) is 0 Å². The van der Waals surface area contributed by atoms with Gasteiger partial charge in [0.1, 0.15) is 0 Å². The van der Waals surface area contributed by atoms with Gasteiger partial charge in [-0.1, -0.05) is 0 Å². The third-order valence-electron chi connectivity index (χ3n) is 1.91. The Labute approximate surface area is 121 Å². The molecule has 1 aromatic carbocycles. The molecule has 84 valence electrons. The number of ether oxygens (including phenoxy) is 1. The van der Waals surface area contributed by atoms with E-state index in [1.165, 1.54) is 0 Å². The van der Waals surface area contributed by atoms with Gasteiger partial charge in [-0.05, 0) is 69.8 Å². The van der Waals surface area contributed by atoms with Crippen LogP contribution < -0.4 is 0 Å². The van der Waals surface area contributed by atoms with Gasteiger partial charge in [-0.25, -0.2) is 0 Å². The van der Waals surface area contributed by atoms with Crippen LogP contribution in [0, 0.1) is 18.5 Å². The zero-order valence-electron chi connectivity index (χ0n) is 8.59. The topological polar surface area (TPSA) is 50.1 Å². The molecule has 0 aromatic heterocycles. The molecule has 0 aliphatic rings. The maximum atomic E-state index is 11.4. The van der Waals surface area contributed by atoms with Crippen LogP contribution in [0.15, 0.2) is 12.1 Å². The lowest BCUT2D eigenvalue weighted by Gasteiger charge is -2.07. The monoisotopic (exact) mass is 441 g/mol. The Hall–Kier alpha value is -0.360. The molecule has 0 saturated heterocycles. The molecule has 0 radical (unpaired) electrons. The zero-order valence-corrected chi connectivity index (χ0v) is 12.9. The van der Waals surface area contributed by atoms with Gasteiger partial charge in [-0.3, -0.25) is 4.79 Å². The summed E-state index contributed by atoms with van der Waals surface area (Å²) in [5, 5.41) is 9.00. The number of hydrogen-bond donors (Lipinski definition) is 0. The number of halogens is 2. The first-order valence-corrected chi connectivity index (χ1v) is 6.77. The van der Waals surface area contributed by atoms with E-state index >= 15 is 0 Å². The lowest BCUT2D eigenvalue weighted by atomic mass is 10.1. The standard InChI is InChI=1S/C11H9I2NO2/c1-2-16-11(15)5-9-7(6-14)3-8(12)4-10(9)13/h3-4H,2,5H2,1H3. The van der Waals surface area contributed by atoms with Crippen LogP contribution in [0.5, 0.6) is 0 Å². The highest BCUT2D eigenvalue weighted by molar-refractivity contribution is 14.1. The quantitative estimate of drug-likeness (QED) is 0.536. The van der Waals surface area contributed by atoms with E-state index in [4.69, 9.17) is 10.00 Å². The number of esters is 1. The molecule has 0 saturated carbocycles. The van der Waals surface area contributed by atoms with Crippen molar-refractivity contribution in [2.75, 3.05) is 6.61 Å². The number of benzene rings is 1. The second-order valence-electron chi connectivity index (χ2n) is 3.01. The number of hydrogen-bond acceptors (Lipinski definition) is 3. The molecule has 0 aliphatic carbocycles. The smallest absolute Gasteiger partial charge is 0.310 e. The van der Waals surface area contributed by atoms with E-state index < -0.39 is 0 Å². The lowest BCUT2D eigenvalue weighted by Crippen LogP contribution is -2.10. The van der Waals surface area contributed by atoms with Gasteiger partial charge >= 0.3 is 5.97 Å². The van der Waals surface area contributed by atoms with Crippen LogP contribution in [0.3, 0.4) is 0 Å². The van der Waals surface area contributed by atoms with Crippen molar-refractivity contribution in [2.24, 2.45) is 0 Å². The molecule has 0 amide bonds. The largest absolute Gasteiger partial charge is 0.466 e. The summed E-state index contributed by atoms with van der Waals surface area (Å²) in [6.45, 7) is 2.13. The Bertz CT molecular complexity index is 452. The number of nitrogens with zero attached hydrogens (tertiary/aromatic N) is 1. The highest BCUT2D eigenvalue weighted by atomic mass is 127. The minimum absolute atomic E-state index is 0.159. The van der Waals surface area contributed by atoms with Crippen LogP contribution in [-0.2, 0) is 16.0 Å². The van der Waals surface area contributed by atoms with Gasteiger partial charge in [0.25, 0.3) is 0 Å². The molecule has 0 unspecified atom stereocenters. The van der Waals surface area contributed by atoms with E-state index in [0.29, 0.717) is 12.2 Å². The number of carbonyl (C=O) groups is 1. The van der Waals surface area contributed by atoms with Gasteiger partial charge in [0.05, 0.1) is 24.7 Å². The first kappa shape index (κ1) is 13.7. The van der Waals surface area contributed by atoms with Gasteiger partial charge < -0.3 is 4.74 Å². The molecule has 0 heterocycles. The van der Waals surface area contributed by atoms with Crippen LogP contribution in [0.25, 0.3) is 0 Å². The van der Waals surface area contributed by atoms with Crippen LogP contribution in [0.2, 0.25) is 0 Å². The molecule has 0 bridgehead atoms. The second-order valence-corrected chi connectivity index (χ2v) is 5.42. The number of carbonyl (C=O) groups excluding carboxylic acids is 1. The molecule has 5 heteroatoms. The maximum absolute atomic E-state index is 11.4. The fourth-order valence-electron chi connectivity index (χ4n) is 1.24.